The van der Waals surface area contributed by atoms with Crippen molar-refractivity contribution in [1.82, 2.24) is 9.80 Å². The lowest BCUT2D eigenvalue weighted by atomic mass is 10.1. The third-order valence-electron chi connectivity index (χ3n) is 3.71. The number of carboxylic acids is 1. The Kier molecular flexibility index (Phi) is 5.00. The van der Waals surface area contributed by atoms with E-state index in [9.17, 15) is 9.59 Å². The van der Waals surface area contributed by atoms with Crippen LogP contribution in [0.3, 0.4) is 0 Å². The first-order valence-electron chi connectivity index (χ1n) is 7.11. The molecule has 1 aliphatic carbocycles. The molecule has 20 heavy (non-hydrogen) atoms. The van der Waals surface area contributed by atoms with Gasteiger partial charge in [-0.2, -0.15) is 0 Å². The zero-order valence-electron chi connectivity index (χ0n) is 11.7. The molecule has 1 saturated carbocycles. The second kappa shape index (κ2) is 6.74. The zero-order chi connectivity index (χ0) is 14.5. The Morgan fingerprint density at radius 2 is 1.95 bits per heavy atom. The molecule has 1 heterocycles. The molecule has 1 aliphatic heterocycles. The van der Waals surface area contributed by atoms with Crippen molar-refractivity contribution in [3.63, 3.8) is 0 Å². The van der Waals surface area contributed by atoms with Crippen LogP contribution in [0.2, 0.25) is 0 Å². The molecule has 2 rings (SSSR count). The van der Waals surface area contributed by atoms with Crippen molar-refractivity contribution in [3.8, 4) is 0 Å². The van der Waals surface area contributed by atoms with E-state index in [1.807, 2.05) is 9.80 Å². The van der Waals surface area contributed by atoms with Gasteiger partial charge < -0.3 is 19.6 Å². The number of aliphatic carboxylic acids is 1. The molecule has 6 nitrogen and oxygen atoms in total. The summed E-state index contributed by atoms with van der Waals surface area (Å²) in [6.45, 7) is 5.30. The van der Waals surface area contributed by atoms with Crippen LogP contribution in [0.1, 0.15) is 25.7 Å². The summed E-state index contributed by atoms with van der Waals surface area (Å²) in [6.07, 6.45) is 5.27. The first-order valence-corrected chi connectivity index (χ1v) is 7.11. The fraction of sp³-hybridized carbons (Fsp3) is 0.714. The van der Waals surface area contributed by atoms with Gasteiger partial charge >= 0.3 is 12.0 Å². The average Bonchev–Trinajstić information content (AvgIpc) is 3.27. The summed E-state index contributed by atoms with van der Waals surface area (Å²) in [7, 11) is 0. The summed E-state index contributed by atoms with van der Waals surface area (Å²) in [5, 5.41) is 8.58. The normalized spacial score (nSPS) is 19.7. The summed E-state index contributed by atoms with van der Waals surface area (Å²) >= 11 is 0. The van der Waals surface area contributed by atoms with Crippen molar-refractivity contribution in [3.05, 3.63) is 12.7 Å². The van der Waals surface area contributed by atoms with E-state index < -0.39 is 5.97 Å². The van der Waals surface area contributed by atoms with Gasteiger partial charge in [-0.25, -0.2) is 9.59 Å². The maximum atomic E-state index is 12.4. The van der Waals surface area contributed by atoms with Crippen LogP contribution >= 0.6 is 0 Å². The predicted octanol–water partition coefficient (Wildman–Crippen LogP) is 1.32. The van der Waals surface area contributed by atoms with E-state index in [1.54, 1.807) is 6.08 Å². The minimum Gasteiger partial charge on any atom is -0.480 e. The Morgan fingerprint density at radius 1 is 1.30 bits per heavy atom. The second-order valence-corrected chi connectivity index (χ2v) is 5.35. The molecule has 0 bridgehead atoms. The van der Waals surface area contributed by atoms with Crippen LogP contribution < -0.4 is 0 Å². The third kappa shape index (κ3) is 3.96. The SMILES string of the molecule is C=CCN(C(=O)N1CCC(OCC(=O)O)CC1)C1CC1. The molecule has 2 fully saturated rings. The number of carbonyl (C=O) groups is 2. The number of piperidine rings is 1. The number of likely N-dealkylation sites (tertiary alicyclic amines) is 1. The molecule has 1 N–H and O–H groups in total. The largest absolute Gasteiger partial charge is 0.480 e. The molecule has 0 spiro atoms. The van der Waals surface area contributed by atoms with E-state index >= 15 is 0 Å². The molecule has 1 saturated heterocycles. The number of ether oxygens (including phenoxy) is 1. The third-order valence-corrected chi connectivity index (χ3v) is 3.71. The molecule has 0 aromatic heterocycles. The highest BCUT2D eigenvalue weighted by Gasteiger charge is 2.35. The Morgan fingerprint density at radius 3 is 2.45 bits per heavy atom. The van der Waals surface area contributed by atoms with Crippen molar-refractivity contribution in [1.29, 1.82) is 0 Å². The lowest BCUT2D eigenvalue weighted by Gasteiger charge is -2.35. The molecule has 2 aliphatic rings. The molecular weight excluding hydrogens is 260 g/mol. The fourth-order valence-electron chi connectivity index (χ4n) is 2.49. The van der Waals surface area contributed by atoms with Gasteiger partial charge in [-0.3, -0.25) is 0 Å². The van der Waals surface area contributed by atoms with Gasteiger partial charge in [0.2, 0.25) is 0 Å². The van der Waals surface area contributed by atoms with Crippen LogP contribution in [0, 0.1) is 0 Å². The molecule has 0 atom stereocenters. The van der Waals surface area contributed by atoms with Crippen molar-refractivity contribution < 1.29 is 19.4 Å². The minimum absolute atomic E-state index is 0.0519. The van der Waals surface area contributed by atoms with Crippen LogP contribution in [0.4, 0.5) is 4.79 Å². The zero-order valence-corrected chi connectivity index (χ0v) is 11.7. The van der Waals surface area contributed by atoms with Gasteiger partial charge in [0.1, 0.15) is 6.61 Å². The lowest BCUT2D eigenvalue weighted by molar-refractivity contribution is -0.145. The number of rotatable bonds is 6. The van der Waals surface area contributed by atoms with Gasteiger partial charge in [-0.05, 0) is 25.7 Å². The van der Waals surface area contributed by atoms with Gasteiger partial charge in [-0.15, -0.1) is 6.58 Å². The minimum atomic E-state index is -0.950. The van der Waals surface area contributed by atoms with Crippen LogP contribution in [0.15, 0.2) is 12.7 Å². The summed E-state index contributed by atoms with van der Waals surface area (Å²) < 4.78 is 5.27. The highest BCUT2D eigenvalue weighted by molar-refractivity contribution is 5.75. The van der Waals surface area contributed by atoms with Crippen LogP contribution in [0.25, 0.3) is 0 Å². The maximum Gasteiger partial charge on any atom is 0.329 e. The Bertz CT molecular complexity index is 373. The lowest BCUT2D eigenvalue weighted by Crippen LogP contribution is -2.48. The number of nitrogens with zero attached hydrogens (tertiary/aromatic N) is 2. The molecule has 0 unspecified atom stereocenters. The van der Waals surface area contributed by atoms with Gasteiger partial charge in [0.25, 0.3) is 0 Å². The maximum absolute atomic E-state index is 12.4. The molecule has 0 aromatic rings. The van der Waals surface area contributed by atoms with Crippen molar-refractivity contribution >= 4 is 12.0 Å². The Hall–Kier alpha value is -1.56. The summed E-state index contributed by atoms with van der Waals surface area (Å²) in [5.41, 5.74) is 0. The second-order valence-electron chi connectivity index (χ2n) is 5.35. The van der Waals surface area contributed by atoms with E-state index in [4.69, 9.17) is 9.84 Å². The van der Waals surface area contributed by atoms with Gasteiger partial charge in [0, 0.05) is 25.7 Å². The summed E-state index contributed by atoms with van der Waals surface area (Å²) in [5.74, 6) is -0.950. The average molecular weight is 282 g/mol. The van der Waals surface area contributed by atoms with Crippen LogP contribution in [0.5, 0.6) is 0 Å². The smallest absolute Gasteiger partial charge is 0.329 e. The van der Waals surface area contributed by atoms with Crippen LogP contribution in [-0.4, -0.2) is 65.3 Å². The standard InChI is InChI=1S/C14H22N2O4/c1-2-7-16(11-3-4-11)14(19)15-8-5-12(6-9-15)20-10-13(17)18/h2,11-12H,1,3-10H2,(H,17,18). The number of amides is 2. The van der Waals surface area contributed by atoms with E-state index in [2.05, 4.69) is 6.58 Å². The predicted molar refractivity (Wildman–Crippen MR) is 73.5 cm³/mol. The van der Waals surface area contributed by atoms with Crippen LogP contribution in [-0.2, 0) is 9.53 Å². The summed E-state index contributed by atoms with van der Waals surface area (Å²) in [4.78, 5) is 26.6. The monoisotopic (exact) mass is 282 g/mol. The fourth-order valence-corrected chi connectivity index (χ4v) is 2.49. The topological polar surface area (TPSA) is 70.1 Å². The van der Waals surface area contributed by atoms with E-state index in [0.717, 1.165) is 12.8 Å². The Labute approximate surface area is 119 Å². The number of urea groups is 1. The molecule has 0 radical (unpaired) electrons. The van der Waals surface area contributed by atoms with E-state index in [-0.39, 0.29) is 18.7 Å². The number of hydrogen-bond donors (Lipinski definition) is 1. The van der Waals surface area contributed by atoms with Gasteiger partial charge in [-0.1, -0.05) is 6.08 Å². The first-order chi connectivity index (χ1) is 9.61. The Balaban J connectivity index is 1.78. The van der Waals surface area contributed by atoms with Gasteiger partial charge in [0.15, 0.2) is 0 Å². The number of carbonyl (C=O) groups excluding carboxylic acids is 1. The molecule has 0 aromatic carbocycles. The molecule has 6 heteroatoms. The number of carboxylic acid groups (broad SMARTS) is 1. The number of hydrogen-bond acceptors (Lipinski definition) is 3. The van der Waals surface area contributed by atoms with Crippen molar-refractivity contribution in [2.45, 2.75) is 37.8 Å². The molecular formula is C14H22N2O4. The van der Waals surface area contributed by atoms with E-state index in [1.165, 1.54) is 0 Å². The van der Waals surface area contributed by atoms with Gasteiger partial charge in [0.05, 0.1) is 6.10 Å². The molecule has 2 amide bonds. The highest BCUT2D eigenvalue weighted by Crippen LogP contribution is 2.28. The highest BCUT2D eigenvalue weighted by atomic mass is 16.5. The van der Waals surface area contributed by atoms with E-state index in [0.29, 0.717) is 38.5 Å². The molecule has 112 valence electrons. The summed E-state index contributed by atoms with van der Waals surface area (Å²) in [6, 6.07) is 0.450. The van der Waals surface area contributed by atoms with Crippen molar-refractivity contribution in [2.24, 2.45) is 0 Å². The quantitative estimate of drug-likeness (QED) is 0.746. The van der Waals surface area contributed by atoms with Crippen molar-refractivity contribution in [2.75, 3.05) is 26.2 Å². The first kappa shape index (κ1) is 14.8.